The van der Waals surface area contributed by atoms with Crippen LogP contribution in [-0.2, 0) is 14.8 Å². The van der Waals surface area contributed by atoms with Gasteiger partial charge in [0.25, 0.3) is 15.9 Å². The van der Waals surface area contributed by atoms with Crippen LogP contribution < -0.4 is 24.2 Å². The highest BCUT2D eigenvalue weighted by molar-refractivity contribution is 7.92. The minimum absolute atomic E-state index is 0.0819. The number of anilines is 2. The normalized spacial score (nSPS) is 10.9. The van der Waals surface area contributed by atoms with Crippen LogP contribution in [0.1, 0.15) is 12.5 Å². The lowest BCUT2D eigenvalue weighted by atomic mass is 10.2. The van der Waals surface area contributed by atoms with Crippen LogP contribution >= 0.6 is 0 Å². The van der Waals surface area contributed by atoms with Gasteiger partial charge in [0.2, 0.25) is 0 Å². The third kappa shape index (κ3) is 7.27. The fourth-order valence-corrected chi connectivity index (χ4v) is 4.67. The number of carbonyl (C=O) groups is 1. The lowest BCUT2D eigenvalue weighted by Gasteiger charge is -2.13. The summed E-state index contributed by atoms with van der Waals surface area (Å²) in [7, 11) is -3.81. The van der Waals surface area contributed by atoms with Gasteiger partial charge in [-0.15, -0.1) is 0 Å². The summed E-state index contributed by atoms with van der Waals surface area (Å²) in [4.78, 5) is 12.5. The average Bonchev–Trinajstić information content (AvgIpc) is 2.91. The van der Waals surface area contributed by atoms with Crippen LogP contribution in [0.4, 0.5) is 11.4 Å². The van der Waals surface area contributed by atoms with Gasteiger partial charge in [-0.25, -0.2) is 8.42 Å². The Hall–Kier alpha value is -4.50. The number of sulfonamides is 1. The summed E-state index contributed by atoms with van der Waals surface area (Å²) in [5.41, 5.74) is 1.59. The van der Waals surface area contributed by atoms with Crippen LogP contribution in [0, 0.1) is 6.92 Å². The van der Waals surface area contributed by atoms with Gasteiger partial charge in [-0.2, -0.15) is 0 Å². The third-order valence-corrected chi connectivity index (χ3v) is 6.73. The average molecular weight is 533 g/mol. The molecular formula is C29H28N2O6S. The molecule has 1 amide bonds. The van der Waals surface area contributed by atoms with Gasteiger partial charge in [0, 0.05) is 11.4 Å². The highest BCUT2D eigenvalue weighted by Crippen LogP contribution is 2.25. The van der Waals surface area contributed by atoms with Crippen molar-refractivity contribution in [3.8, 4) is 23.0 Å². The van der Waals surface area contributed by atoms with Gasteiger partial charge in [-0.1, -0.05) is 18.2 Å². The summed E-state index contributed by atoms with van der Waals surface area (Å²) in [6, 6.07) is 27.5. The molecule has 0 aliphatic carbocycles. The quantitative estimate of drug-likeness (QED) is 0.245. The second kappa shape index (κ2) is 12.2. The van der Waals surface area contributed by atoms with Crippen LogP contribution in [0.15, 0.2) is 102 Å². The van der Waals surface area contributed by atoms with Crippen molar-refractivity contribution >= 4 is 27.3 Å². The Balaban J connectivity index is 1.31. The van der Waals surface area contributed by atoms with Gasteiger partial charge in [0.05, 0.1) is 11.5 Å². The smallest absolute Gasteiger partial charge is 0.262 e. The second-order valence-electron chi connectivity index (χ2n) is 8.27. The fraction of sp³-hybridized carbons (Fsp3) is 0.138. The molecule has 0 aliphatic rings. The van der Waals surface area contributed by atoms with E-state index in [1.807, 2.05) is 37.3 Å². The first-order valence-corrected chi connectivity index (χ1v) is 13.4. The topological polar surface area (TPSA) is 103 Å². The molecule has 196 valence electrons. The molecule has 0 saturated heterocycles. The molecule has 0 heterocycles. The Morgan fingerprint density at radius 3 is 2.05 bits per heavy atom. The van der Waals surface area contributed by atoms with Crippen molar-refractivity contribution in [2.45, 2.75) is 18.7 Å². The van der Waals surface area contributed by atoms with E-state index in [1.54, 1.807) is 55.5 Å². The lowest BCUT2D eigenvalue weighted by molar-refractivity contribution is -0.118. The summed E-state index contributed by atoms with van der Waals surface area (Å²) < 4.78 is 44.9. The molecule has 4 rings (SSSR count). The Bertz CT molecular complexity index is 1470. The molecule has 4 aromatic carbocycles. The van der Waals surface area contributed by atoms with Gasteiger partial charge in [0.1, 0.15) is 23.0 Å². The first-order chi connectivity index (χ1) is 18.3. The van der Waals surface area contributed by atoms with Crippen molar-refractivity contribution in [3.05, 3.63) is 103 Å². The van der Waals surface area contributed by atoms with E-state index in [-0.39, 0.29) is 17.4 Å². The van der Waals surface area contributed by atoms with Crippen molar-refractivity contribution in [3.63, 3.8) is 0 Å². The van der Waals surface area contributed by atoms with E-state index in [4.69, 9.17) is 14.2 Å². The van der Waals surface area contributed by atoms with Gasteiger partial charge in [0.15, 0.2) is 6.61 Å². The Labute approximate surface area is 222 Å². The van der Waals surface area contributed by atoms with Crippen LogP contribution in [0.5, 0.6) is 23.0 Å². The number of nitrogens with one attached hydrogen (secondary N) is 2. The Morgan fingerprint density at radius 1 is 0.763 bits per heavy atom. The number of hydrogen-bond donors (Lipinski definition) is 2. The number of benzene rings is 4. The third-order valence-electron chi connectivity index (χ3n) is 5.35. The molecule has 0 atom stereocenters. The number of aryl methyl sites for hydroxylation is 1. The van der Waals surface area contributed by atoms with E-state index in [1.165, 1.54) is 18.2 Å². The van der Waals surface area contributed by atoms with Crippen LogP contribution in [-0.4, -0.2) is 27.5 Å². The molecule has 0 radical (unpaired) electrons. The highest BCUT2D eigenvalue weighted by Gasteiger charge is 2.16. The predicted octanol–water partition coefficient (Wildman–Crippen LogP) is 6.00. The number of rotatable bonds is 11. The SMILES string of the molecule is CCOc1ccc(NS(=O)(=O)c2ccc(OCC(=O)Nc3ccc(Oc4ccccc4)cc3)c(C)c2)cc1. The maximum Gasteiger partial charge on any atom is 0.262 e. The second-order valence-corrected chi connectivity index (χ2v) is 9.95. The molecule has 0 aromatic heterocycles. The maximum atomic E-state index is 12.8. The summed E-state index contributed by atoms with van der Waals surface area (Å²) in [6.45, 7) is 3.88. The molecule has 0 unspecified atom stereocenters. The lowest BCUT2D eigenvalue weighted by Crippen LogP contribution is -2.20. The van der Waals surface area contributed by atoms with E-state index in [2.05, 4.69) is 10.0 Å². The van der Waals surface area contributed by atoms with Crippen molar-refractivity contribution in [1.82, 2.24) is 0 Å². The van der Waals surface area contributed by atoms with Crippen molar-refractivity contribution < 1.29 is 27.4 Å². The summed E-state index contributed by atoms with van der Waals surface area (Å²) >= 11 is 0. The van der Waals surface area contributed by atoms with Crippen LogP contribution in [0.2, 0.25) is 0 Å². The van der Waals surface area contributed by atoms with E-state index in [9.17, 15) is 13.2 Å². The minimum atomic E-state index is -3.81. The van der Waals surface area contributed by atoms with E-state index >= 15 is 0 Å². The molecule has 4 aromatic rings. The molecule has 8 nitrogen and oxygen atoms in total. The molecule has 0 spiro atoms. The van der Waals surface area contributed by atoms with Gasteiger partial charge in [-0.05, 0) is 98.3 Å². The number of hydrogen-bond acceptors (Lipinski definition) is 6. The molecule has 38 heavy (non-hydrogen) atoms. The van der Waals surface area contributed by atoms with E-state index in [0.717, 1.165) is 5.75 Å². The Kier molecular flexibility index (Phi) is 8.50. The number of para-hydroxylation sites is 1. The summed E-state index contributed by atoms with van der Waals surface area (Å²) in [6.07, 6.45) is 0. The zero-order chi connectivity index (χ0) is 27.0. The molecule has 0 fully saturated rings. The van der Waals surface area contributed by atoms with E-state index < -0.39 is 10.0 Å². The molecule has 9 heteroatoms. The van der Waals surface area contributed by atoms with E-state index in [0.29, 0.717) is 40.8 Å². The van der Waals surface area contributed by atoms with Crippen molar-refractivity contribution in [2.24, 2.45) is 0 Å². The highest BCUT2D eigenvalue weighted by atomic mass is 32.2. The van der Waals surface area contributed by atoms with Gasteiger partial charge >= 0.3 is 0 Å². The molecule has 2 N–H and O–H groups in total. The largest absolute Gasteiger partial charge is 0.494 e. The standard InChI is InChI=1S/C29H28N2O6S/c1-3-35-24-13-11-23(12-14-24)31-38(33,34)27-17-18-28(21(2)19-27)36-20-29(32)30-22-9-15-26(16-10-22)37-25-7-5-4-6-8-25/h4-19,31H,3,20H2,1-2H3,(H,30,32). The molecular weight excluding hydrogens is 504 g/mol. The minimum Gasteiger partial charge on any atom is -0.494 e. The van der Waals surface area contributed by atoms with Crippen LogP contribution in [0.3, 0.4) is 0 Å². The van der Waals surface area contributed by atoms with Crippen molar-refractivity contribution in [1.29, 1.82) is 0 Å². The summed E-state index contributed by atoms with van der Waals surface area (Å²) in [5.74, 6) is 2.08. The number of amides is 1. The Morgan fingerprint density at radius 2 is 1.39 bits per heavy atom. The molecule has 0 bridgehead atoms. The number of ether oxygens (including phenoxy) is 3. The zero-order valence-electron chi connectivity index (χ0n) is 21.0. The van der Waals surface area contributed by atoms with Crippen LogP contribution in [0.25, 0.3) is 0 Å². The first kappa shape index (κ1) is 26.6. The number of carbonyl (C=O) groups excluding carboxylic acids is 1. The zero-order valence-corrected chi connectivity index (χ0v) is 21.8. The summed E-state index contributed by atoms with van der Waals surface area (Å²) in [5, 5.41) is 2.76. The van der Waals surface area contributed by atoms with Crippen molar-refractivity contribution in [2.75, 3.05) is 23.3 Å². The van der Waals surface area contributed by atoms with Gasteiger partial charge in [-0.3, -0.25) is 9.52 Å². The molecule has 0 saturated carbocycles. The molecule has 0 aliphatic heterocycles. The maximum absolute atomic E-state index is 12.8. The monoisotopic (exact) mass is 532 g/mol. The van der Waals surface area contributed by atoms with Gasteiger partial charge < -0.3 is 19.5 Å². The first-order valence-electron chi connectivity index (χ1n) is 11.9. The predicted molar refractivity (Wildman–Crippen MR) is 147 cm³/mol. The fourth-order valence-electron chi connectivity index (χ4n) is 3.52.